The first kappa shape index (κ1) is 21.3. The minimum atomic E-state index is -0.633. The number of hydrogen-bond acceptors (Lipinski definition) is 8. The lowest BCUT2D eigenvalue weighted by atomic mass is 10.1. The summed E-state index contributed by atoms with van der Waals surface area (Å²) in [7, 11) is 1.37. The summed E-state index contributed by atoms with van der Waals surface area (Å²) in [4.78, 5) is 30.7. The zero-order valence-corrected chi connectivity index (χ0v) is 17.9. The first-order valence-corrected chi connectivity index (χ1v) is 9.44. The van der Waals surface area contributed by atoms with E-state index in [4.69, 9.17) is 20.2 Å². The number of fused-ring (bicyclic) bond motifs is 1. The number of carbonyl (C=O) groups is 1. The molecule has 10 nitrogen and oxygen atoms in total. The van der Waals surface area contributed by atoms with Crippen LogP contribution in [0.2, 0.25) is 0 Å². The number of nitrogens with zero attached hydrogens (tertiary/aromatic N) is 4. The molecule has 2 heterocycles. The quantitative estimate of drug-likeness (QED) is 0.475. The second-order valence-corrected chi connectivity index (χ2v) is 7.93. The molecule has 160 valence electrons. The third kappa shape index (κ3) is 4.43. The highest BCUT2D eigenvalue weighted by atomic mass is 17.2. The number of carbonyl (C=O) groups excluding carboxylic acids is 1. The molecule has 0 unspecified atom stereocenters. The second-order valence-electron chi connectivity index (χ2n) is 7.93. The molecule has 30 heavy (non-hydrogen) atoms. The summed E-state index contributed by atoms with van der Waals surface area (Å²) in [6.45, 7) is 9.35. The lowest BCUT2D eigenvalue weighted by molar-refractivity contribution is -0.177. The average molecular weight is 414 g/mol. The molecule has 3 aromatic rings. The molecular weight excluding hydrogens is 388 g/mol. The molecule has 0 atom stereocenters. The summed E-state index contributed by atoms with van der Waals surface area (Å²) in [5, 5.41) is 7.99. The van der Waals surface area contributed by atoms with Crippen molar-refractivity contribution >= 4 is 28.6 Å². The molecule has 3 rings (SSSR count). The first-order chi connectivity index (χ1) is 14.1. The Morgan fingerprint density at radius 1 is 1.23 bits per heavy atom. The lowest BCUT2D eigenvalue weighted by Gasteiger charge is -2.20. The molecule has 1 amide bonds. The van der Waals surface area contributed by atoms with Gasteiger partial charge >= 0.3 is 6.09 Å². The largest absolute Gasteiger partial charge is 0.444 e. The number of hydrogen-bond donors (Lipinski definition) is 2. The second kappa shape index (κ2) is 8.15. The standard InChI is InChI=1S/C20H26N6O4/c1-11(2)26-18-15(17(21)22-10-23-18)16(25-26)12-7-8-13(14(9-12)30-28-6)24-19(27)29-20(3,4)5/h7-11H,1-6H3,(H,24,27)(H2,21,22,23). The van der Waals surface area contributed by atoms with Gasteiger partial charge in [0.25, 0.3) is 0 Å². The number of aromatic nitrogens is 4. The number of anilines is 2. The molecule has 0 aliphatic heterocycles. The van der Waals surface area contributed by atoms with Gasteiger partial charge in [0.15, 0.2) is 11.4 Å². The molecule has 0 bridgehead atoms. The highest BCUT2D eigenvalue weighted by Gasteiger charge is 2.21. The van der Waals surface area contributed by atoms with Gasteiger partial charge in [-0.25, -0.2) is 19.4 Å². The number of nitrogen functional groups attached to an aromatic ring is 1. The van der Waals surface area contributed by atoms with Crippen molar-refractivity contribution < 1.29 is 19.3 Å². The van der Waals surface area contributed by atoms with Crippen LogP contribution >= 0.6 is 0 Å². The first-order valence-electron chi connectivity index (χ1n) is 9.44. The Morgan fingerprint density at radius 2 is 1.97 bits per heavy atom. The zero-order chi connectivity index (χ0) is 22.1. The summed E-state index contributed by atoms with van der Waals surface area (Å²) in [5.41, 5.74) is 7.81. The van der Waals surface area contributed by atoms with Crippen LogP contribution in [0, 0.1) is 0 Å². The highest BCUT2D eigenvalue weighted by Crippen LogP contribution is 2.36. The van der Waals surface area contributed by atoms with Crippen LogP contribution in [0.15, 0.2) is 24.5 Å². The fourth-order valence-corrected chi connectivity index (χ4v) is 2.90. The Bertz CT molecular complexity index is 1070. The Hall–Kier alpha value is -3.40. The van der Waals surface area contributed by atoms with Gasteiger partial charge in [-0.3, -0.25) is 5.32 Å². The normalized spacial score (nSPS) is 11.7. The molecular formula is C20H26N6O4. The molecule has 10 heteroatoms. The van der Waals surface area contributed by atoms with E-state index >= 15 is 0 Å². The number of ether oxygens (including phenoxy) is 1. The van der Waals surface area contributed by atoms with Gasteiger partial charge in [-0.1, -0.05) is 6.07 Å². The summed E-state index contributed by atoms with van der Waals surface area (Å²) >= 11 is 0. The summed E-state index contributed by atoms with van der Waals surface area (Å²) < 4.78 is 7.08. The number of nitrogens with two attached hydrogens (primary N) is 1. The number of nitrogens with one attached hydrogen (secondary N) is 1. The van der Waals surface area contributed by atoms with E-state index < -0.39 is 11.7 Å². The van der Waals surface area contributed by atoms with Crippen molar-refractivity contribution in [1.29, 1.82) is 0 Å². The van der Waals surface area contributed by atoms with Crippen molar-refractivity contribution in [3.8, 4) is 17.0 Å². The number of rotatable bonds is 5. The summed E-state index contributed by atoms with van der Waals surface area (Å²) in [6, 6.07) is 5.22. The highest BCUT2D eigenvalue weighted by molar-refractivity contribution is 5.99. The number of amides is 1. The fourth-order valence-electron chi connectivity index (χ4n) is 2.90. The topological polar surface area (TPSA) is 126 Å². The van der Waals surface area contributed by atoms with Crippen LogP contribution < -0.4 is 15.9 Å². The SMILES string of the molecule is COOc1cc(-c2nn(C(C)C)c3ncnc(N)c23)ccc1NC(=O)OC(C)(C)C. The zero-order valence-electron chi connectivity index (χ0n) is 17.9. The maximum atomic E-state index is 12.2. The third-order valence-corrected chi connectivity index (χ3v) is 4.07. The van der Waals surface area contributed by atoms with Gasteiger partial charge in [0.1, 0.15) is 23.4 Å². The summed E-state index contributed by atoms with van der Waals surface area (Å²) in [6.07, 6.45) is 0.804. The van der Waals surface area contributed by atoms with Crippen molar-refractivity contribution in [2.75, 3.05) is 18.2 Å². The van der Waals surface area contributed by atoms with Crippen LogP contribution in [0.5, 0.6) is 5.75 Å². The molecule has 0 radical (unpaired) electrons. The predicted molar refractivity (Wildman–Crippen MR) is 113 cm³/mol. The monoisotopic (exact) mass is 414 g/mol. The Labute approximate surface area is 174 Å². The van der Waals surface area contributed by atoms with Gasteiger partial charge in [-0.05, 0) is 46.8 Å². The van der Waals surface area contributed by atoms with Gasteiger partial charge in [0, 0.05) is 11.6 Å². The molecule has 1 aromatic carbocycles. The molecule has 0 fully saturated rings. The van der Waals surface area contributed by atoms with E-state index in [1.807, 2.05) is 13.8 Å². The van der Waals surface area contributed by atoms with Gasteiger partial charge in [-0.15, -0.1) is 0 Å². The van der Waals surface area contributed by atoms with E-state index in [1.54, 1.807) is 43.7 Å². The molecule has 2 aromatic heterocycles. The Balaban J connectivity index is 2.06. The van der Waals surface area contributed by atoms with E-state index in [9.17, 15) is 4.79 Å². The van der Waals surface area contributed by atoms with Crippen LogP contribution in [0.25, 0.3) is 22.3 Å². The Morgan fingerprint density at radius 3 is 2.60 bits per heavy atom. The average Bonchev–Trinajstić information content (AvgIpc) is 3.03. The maximum absolute atomic E-state index is 12.2. The molecule has 0 aliphatic rings. The molecule has 3 N–H and O–H groups in total. The van der Waals surface area contributed by atoms with Crippen LogP contribution in [0.3, 0.4) is 0 Å². The fraction of sp³-hybridized carbons (Fsp3) is 0.400. The summed E-state index contributed by atoms with van der Waals surface area (Å²) in [5.74, 6) is 0.607. The van der Waals surface area contributed by atoms with E-state index in [2.05, 4.69) is 20.4 Å². The van der Waals surface area contributed by atoms with E-state index in [1.165, 1.54) is 13.4 Å². The Kier molecular flexibility index (Phi) is 5.79. The van der Waals surface area contributed by atoms with Crippen molar-refractivity contribution in [3.63, 3.8) is 0 Å². The van der Waals surface area contributed by atoms with E-state index in [0.29, 0.717) is 33.8 Å². The van der Waals surface area contributed by atoms with Crippen LogP contribution in [-0.4, -0.2) is 38.6 Å². The predicted octanol–water partition coefficient (Wildman–Crippen LogP) is 3.94. The van der Waals surface area contributed by atoms with Crippen molar-refractivity contribution in [2.45, 2.75) is 46.3 Å². The van der Waals surface area contributed by atoms with Crippen LogP contribution in [0.1, 0.15) is 40.7 Å². The van der Waals surface area contributed by atoms with E-state index in [0.717, 1.165) is 0 Å². The maximum Gasteiger partial charge on any atom is 0.412 e. The van der Waals surface area contributed by atoms with Crippen molar-refractivity contribution in [2.24, 2.45) is 0 Å². The minimum absolute atomic E-state index is 0.0679. The van der Waals surface area contributed by atoms with Crippen molar-refractivity contribution in [1.82, 2.24) is 19.7 Å². The van der Waals surface area contributed by atoms with Gasteiger partial charge in [-0.2, -0.15) is 9.99 Å². The lowest BCUT2D eigenvalue weighted by Crippen LogP contribution is -2.27. The van der Waals surface area contributed by atoms with Crippen LogP contribution in [-0.2, 0) is 9.62 Å². The van der Waals surface area contributed by atoms with E-state index in [-0.39, 0.29) is 11.8 Å². The molecule has 0 aliphatic carbocycles. The molecule has 0 spiro atoms. The van der Waals surface area contributed by atoms with Crippen molar-refractivity contribution in [3.05, 3.63) is 24.5 Å². The molecule has 0 saturated carbocycles. The molecule has 0 saturated heterocycles. The van der Waals surface area contributed by atoms with Crippen LogP contribution in [0.4, 0.5) is 16.3 Å². The smallest absolute Gasteiger partial charge is 0.412 e. The number of benzene rings is 1. The van der Waals surface area contributed by atoms with Gasteiger partial charge < -0.3 is 15.4 Å². The van der Waals surface area contributed by atoms with Gasteiger partial charge in [0.05, 0.1) is 18.2 Å². The van der Waals surface area contributed by atoms with Gasteiger partial charge in [0.2, 0.25) is 0 Å². The third-order valence-electron chi connectivity index (χ3n) is 4.07. The minimum Gasteiger partial charge on any atom is -0.444 e.